The van der Waals surface area contributed by atoms with Gasteiger partial charge >= 0.3 is 0 Å². The summed E-state index contributed by atoms with van der Waals surface area (Å²) >= 11 is 1.39. The van der Waals surface area contributed by atoms with Gasteiger partial charge in [-0.25, -0.2) is 4.98 Å². The molecule has 0 unspecified atom stereocenters. The Bertz CT molecular complexity index is 716. The molecule has 1 aromatic carbocycles. The fraction of sp³-hybridized carbons (Fsp3) is 0.375. The van der Waals surface area contributed by atoms with Crippen LogP contribution in [-0.2, 0) is 9.47 Å². The Morgan fingerprint density at radius 2 is 2.24 bits per heavy atom. The lowest BCUT2D eigenvalue weighted by Gasteiger charge is -2.13. The van der Waals surface area contributed by atoms with Crippen molar-refractivity contribution in [1.29, 1.82) is 0 Å². The van der Waals surface area contributed by atoms with Crippen LogP contribution < -0.4 is 20.6 Å². The minimum Gasteiger partial charge on any atom is -0.493 e. The number of methoxy groups -OCH3 is 1. The third-order valence-electron chi connectivity index (χ3n) is 3.39. The lowest BCUT2D eigenvalue weighted by Crippen LogP contribution is -2.13. The number of thiazole rings is 1. The summed E-state index contributed by atoms with van der Waals surface area (Å²) in [6, 6.07) is 5.58. The Kier molecular flexibility index (Phi) is 6.04. The molecule has 1 aliphatic rings. The predicted octanol–water partition coefficient (Wildman–Crippen LogP) is 2.32. The molecule has 9 heteroatoms. The molecule has 1 fully saturated rings. The van der Waals surface area contributed by atoms with Crippen molar-refractivity contribution >= 4 is 28.5 Å². The molecule has 2 heterocycles. The molecule has 25 heavy (non-hydrogen) atoms. The smallest absolute Gasteiger partial charge is 0.205 e. The minimum atomic E-state index is -0.189. The van der Waals surface area contributed by atoms with E-state index in [2.05, 4.69) is 15.5 Å². The average Bonchev–Trinajstić information content (AvgIpc) is 3.27. The second kappa shape index (κ2) is 8.65. The normalized spacial score (nSPS) is 14.9. The van der Waals surface area contributed by atoms with Crippen LogP contribution in [0.2, 0.25) is 0 Å². The Labute approximate surface area is 149 Å². The number of benzene rings is 1. The van der Waals surface area contributed by atoms with Crippen LogP contribution in [0.3, 0.4) is 0 Å². The number of hydrogen-bond acceptors (Lipinski definition) is 9. The van der Waals surface area contributed by atoms with Gasteiger partial charge in [-0.2, -0.15) is 5.10 Å². The first kappa shape index (κ1) is 17.5. The van der Waals surface area contributed by atoms with E-state index in [9.17, 15) is 0 Å². The van der Waals surface area contributed by atoms with Crippen LogP contribution in [0.1, 0.15) is 12.0 Å². The van der Waals surface area contributed by atoms with Crippen molar-refractivity contribution in [2.45, 2.75) is 12.7 Å². The highest BCUT2D eigenvalue weighted by molar-refractivity contribution is 7.14. The molecule has 8 nitrogen and oxygen atoms in total. The lowest BCUT2D eigenvalue weighted by molar-refractivity contribution is -0.0532. The highest BCUT2D eigenvalue weighted by Gasteiger charge is 2.16. The summed E-state index contributed by atoms with van der Waals surface area (Å²) in [4.78, 5) is 4.07. The highest BCUT2D eigenvalue weighted by atomic mass is 32.1. The van der Waals surface area contributed by atoms with Crippen LogP contribution in [0.25, 0.3) is 0 Å². The minimum absolute atomic E-state index is 0.189. The quantitative estimate of drug-likeness (QED) is 0.548. The van der Waals surface area contributed by atoms with Gasteiger partial charge in [0.25, 0.3) is 0 Å². The van der Waals surface area contributed by atoms with Gasteiger partial charge in [-0.15, -0.1) is 11.3 Å². The molecule has 2 aromatic rings. The van der Waals surface area contributed by atoms with Crippen molar-refractivity contribution in [3.8, 4) is 11.5 Å². The maximum atomic E-state index is 5.80. The summed E-state index contributed by atoms with van der Waals surface area (Å²) < 4.78 is 21.9. The molecular formula is C16H20N4O4S. The van der Waals surface area contributed by atoms with E-state index in [-0.39, 0.29) is 6.29 Å². The number of nitrogens with one attached hydrogen (secondary N) is 1. The summed E-state index contributed by atoms with van der Waals surface area (Å²) in [6.45, 7) is 1.74. The standard InChI is InChI=1S/C16H20N4O4S/c1-21-12-3-2-11(9-18-20-16-19-14(17)10-25-16)8-13(12)22-5-4-15-23-6-7-24-15/h2-3,8-10,15H,4-7,17H2,1H3,(H,19,20). The number of rotatable bonds is 8. The first-order chi connectivity index (χ1) is 12.2. The van der Waals surface area contributed by atoms with Gasteiger partial charge in [0.05, 0.1) is 33.1 Å². The van der Waals surface area contributed by atoms with Crippen LogP contribution in [-0.4, -0.2) is 44.4 Å². The topological polar surface area (TPSA) is 100 Å². The van der Waals surface area contributed by atoms with Crippen molar-refractivity contribution in [2.24, 2.45) is 5.10 Å². The first-order valence-electron chi connectivity index (χ1n) is 7.79. The summed E-state index contributed by atoms with van der Waals surface area (Å²) in [5, 5.41) is 6.53. The zero-order valence-corrected chi connectivity index (χ0v) is 14.6. The van der Waals surface area contributed by atoms with E-state index in [1.165, 1.54) is 11.3 Å². The highest BCUT2D eigenvalue weighted by Crippen LogP contribution is 2.28. The molecule has 1 saturated heterocycles. The molecule has 1 aromatic heterocycles. The largest absolute Gasteiger partial charge is 0.493 e. The third kappa shape index (κ3) is 5.05. The van der Waals surface area contributed by atoms with Crippen LogP contribution in [0.5, 0.6) is 11.5 Å². The average molecular weight is 364 g/mol. The second-order valence-electron chi connectivity index (χ2n) is 5.17. The molecule has 3 N–H and O–H groups in total. The molecule has 3 rings (SSSR count). The molecule has 134 valence electrons. The number of nitrogens with two attached hydrogens (primary N) is 1. The molecule has 0 saturated carbocycles. The first-order valence-corrected chi connectivity index (χ1v) is 8.66. The van der Waals surface area contributed by atoms with Gasteiger partial charge in [0.1, 0.15) is 5.82 Å². The number of anilines is 2. The van der Waals surface area contributed by atoms with E-state index in [0.717, 1.165) is 5.56 Å². The number of nitrogen functional groups attached to an aromatic ring is 1. The van der Waals surface area contributed by atoms with E-state index in [1.807, 2.05) is 18.2 Å². The van der Waals surface area contributed by atoms with E-state index in [4.69, 9.17) is 24.7 Å². The molecule has 0 radical (unpaired) electrons. The Balaban J connectivity index is 1.58. The number of hydrazone groups is 1. The van der Waals surface area contributed by atoms with Crippen LogP contribution in [0, 0.1) is 0 Å². The van der Waals surface area contributed by atoms with Gasteiger partial charge in [-0.3, -0.25) is 5.43 Å². The zero-order valence-electron chi connectivity index (χ0n) is 13.8. The third-order valence-corrected chi connectivity index (χ3v) is 4.15. The van der Waals surface area contributed by atoms with Crippen molar-refractivity contribution in [2.75, 3.05) is 38.1 Å². The van der Waals surface area contributed by atoms with Gasteiger partial charge in [-0.1, -0.05) is 0 Å². The maximum Gasteiger partial charge on any atom is 0.205 e. The van der Waals surface area contributed by atoms with Crippen molar-refractivity contribution in [3.63, 3.8) is 0 Å². The number of ether oxygens (including phenoxy) is 4. The Hall–Kier alpha value is -2.36. The van der Waals surface area contributed by atoms with Gasteiger partial charge < -0.3 is 24.7 Å². The molecule has 1 aliphatic heterocycles. The van der Waals surface area contributed by atoms with E-state index in [0.29, 0.717) is 48.7 Å². The summed E-state index contributed by atoms with van der Waals surface area (Å²) in [5.41, 5.74) is 9.26. The van der Waals surface area contributed by atoms with Crippen molar-refractivity contribution in [1.82, 2.24) is 4.98 Å². The Morgan fingerprint density at radius 3 is 2.96 bits per heavy atom. The van der Waals surface area contributed by atoms with Crippen molar-refractivity contribution in [3.05, 3.63) is 29.1 Å². The van der Waals surface area contributed by atoms with Crippen molar-refractivity contribution < 1.29 is 18.9 Å². The van der Waals surface area contributed by atoms with E-state index in [1.54, 1.807) is 18.7 Å². The molecule has 0 bridgehead atoms. The maximum absolute atomic E-state index is 5.80. The van der Waals surface area contributed by atoms with Gasteiger partial charge in [-0.05, 0) is 23.8 Å². The van der Waals surface area contributed by atoms with Crippen LogP contribution in [0.15, 0.2) is 28.7 Å². The molecular weight excluding hydrogens is 344 g/mol. The summed E-state index contributed by atoms with van der Waals surface area (Å²) in [7, 11) is 1.60. The number of aromatic nitrogens is 1. The summed E-state index contributed by atoms with van der Waals surface area (Å²) in [6.07, 6.45) is 2.15. The zero-order chi connectivity index (χ0) is 17.5. The fourth-order valence-electron chi connectivity index (χ4n) is 2.22. The SMILES string of the molecule is COc1ccc(C=NNc2nc(N)cs2)cc1OCCC1OCCO1. The van der Waals surface area contributed by atoms with Gasteiger partial charge in [0.15, 0.2) is 17.8 Å². The molecule has 0 amide bonds. The van der Waals surface area contributed by atoms with Gasteiger partial charge in [0, 0.05) is 11.8 Å². The predicted molar refractivity (Wildman–Crippen MR) is 96.5 cm³/mol. The molecule has 0 spiro atoms. The fourth-order valence-corrected chi connectivity index (χ4v) is 2.77. The Morgan fingerprint density at radius 1 is 1.40 bits per heavy atom. The lowest BCUT2D eigenvalue weighted by atomic mass is 10.2. The summed E-state index contributed by atoms with van der Waals surface area (Å²) in [5.74, 6) is 1.77. The number of hydrogen-bond donors (Lipinski definition) is 2. The number of nitrogens with zero attached hydrogens (tertiary/aromatic N) is 2. The van der Waals surface area contributed by atoms with E-state index < -0.39 is 0 Å². The monoisotopic (exact) mass is 364 g/mol. The second-order valence-corrected chi connectivity index (χ2v) is 6.02. The molecule has 0 aliphatic carbocycles. The molecule has 0 atom stereocenters. The van der Waals surface area contributed by atoms with E-state index >= 15 is 0 Å². The van der Waals surface area contributed by atoms with Crippen LogP contribution in [0.4, 0.5) is 10.9 Å². The van der Waals surface area contributed by atoms with Crippen LogP contribution >= 0.6 is 11.3 Å². The van der Waals surface area contributed by atoms with Gasteiger partial charge in [0.2, 0.25) is 5.13 Å².